The van der Waals surface area contributed by atoms with Crippen LogP contribution in [0, 0.1) is 0 Å². The maximum absolute atomic E-state index is 2.69. The first-order valence-corrected chi connectivity index (χ1v) is 27.7. The van der Waals surface area contributed by atoms with Gasteiger partial charge in [0.15, 0.2) is 0 Å². The van der Waals surface area contributed by atoms with Crippen molar-refractivity contribution in [3.05, 3.63) is 241 Å². The lowest BCUT2D eigenvalue weighted by molar-refractivity contribution is 0.590. The zero-order valence-corrected chi connectivity index (χ0v) is 44.5. The fourth-order valence-electron chi connectivity index (χ4n) is 12.5. The molecule has 2 aliphatic heterocycles. The molecule has 0 saturated heterocycles. The van der Waals surface area contributed by atoms with Gasteiger partial charge in [0.05, 0.1) is 11.0 Å². The lowest BCUT2D eigenvalue weighted by Crippen LogP contribution is -2.61. The fraction of sp³-hybridized carbons (Fsp3) is 0.167. The van der Waals surface area contributed by atoms with Gasteiger partial charge in [-0.2, -0.15) is 0 Å². The monoisotopic (exact) mass is 982 g/mol. The number of unbranched alkanes of at least 4 members (excludes halogenated alkanes) is 2. The number of para-hydroxylation sites is 2. The van der Waals surface area contributed by atoms with Crippen molar-refractivity contribution in [2.75, 3.05) is 9.80 Å². The van der Waals surface area contributed by atoms with Crippen LogP contribution in [0.2, 0.25) is 0 Å². The maximum Gasteiger partial charge on any atom is 0.252 e. The minimum absolute atomic E-state index is 0.0576. The fourth-order valence-corrected chi connectivity index (χ4v) is 12.5. The van der Waals surface area contributed by atoms with E-state index in [1.165, 1.54) is 122 Å². The predicted octanol–water partition coefficient (Wildman–Crippen LogP) is 17.8. The summed E-state index contributed by atoms with van der Waals surface area (Å²) in [6.45, 7) is 11.7. The summed E-state index contributed by atoms with van der Waals surface area (Å²) in [5.74, 6) is 0. The highest BCUT2D eigenvalue weighted by atomic mass is 15.2. The zero-order chi connectivity index (χ0) is 51.5. The van der Waals surface area contributed by atoms with Gasteiger partial charge < -0.3 is 14.4 Å². The second-order valence-electron chi connectivity index (χ2n) is 22.2. The van der Waals surface area contributed by atoms with E-state index in [4.69, 9.17) is 0 Å². The van der Waals surface area contributed by atoms with Gasteiger partial charge in [0.25, 0.3) is 6.71 Å². The van der Waals surface area contributed by atoms with Gasteiger partial charge in [-0.15, -0.1) is 0 Å². The van der Waals surface area contributed by atoms with Crippen LogP contribution in [0.3, 0.4) is 0 Å². The average molecular weight is 982 g/mol. The molecule has 0 unspecified atom stereocenters. The van der Waals surface area contributed by atoms with Gasteiger partial charge in [-0.3, -0.25) is 0 Å². The van der Waals surface area contributed by atoms with Gasteiger partial charge in [-0.1, -0.05) is 205 Å². The molecule has 0 atom stereocenters. The predicted molar refractivity (Wildman–Crippen MR) is 327 cm³/mol. The van der Waals surface area contributed by atoms with Gasteiger partial charge >= 0.3 is 0 Å². The van der Waals surface area contributed by atoms with Crippen molar-refractivity contribution in [1.82, 2.24) is 4.57 Å². The molecule has 0 saturated carbocycles. The Kier molecular flexibility index (Phi) is 12.1. The summed E-state index contributed by atoms with van der Waals surface area (Å²) in [5, 5.41) is 2.53. The van der Waals surface area contributed by atoms with Crippen LogP contribution in [0.1, 0.15) is 77.0 Å². The standard InChI is InChI=1S/C72H64BN3/c1-6-8-23-55-43-52(49-25-13-10-14-26-49)35-40-63(55)75-67-42-37-54(51-29-17-12-18-30-51)45-62(67)73-61-39-38-58(74-65-33-21-19-31-59(65)60-32-20-22-34-66(60)74)48-68(61)76(70-47-57(72(3,4)5)46-69(75)71(70)73)64-41-36-53(44-56(64)24-9-7-2)50-27-15-11-16-28-50/h10-22,25-48H,6-9,23-24H2,1-5H3. The molecular weight excluding hydrogens is 918 g/mol. The molecule has 13 rings (SSSR count). The maximum atomic E-state index is 2.69. The molecule has 4 heteroatoms. The Morgan fingerprint density at radius 3 is 1.30 bits per heavy atom. The van der Waals surface area contributed by atoms with Crippen molar-refractivity contribution >= 4 is 79.0 Å². The van der Waals surface area contributed by atoms with Gasteiger partial charge in [0.2, 0.25) is 0 Å². The van der Waals surface area contributed by atoms with Crippen molar-refractivity contribution in [3.63, 3.8) is 0 Å². The van der Waals surface area contributed by atoms with Crippen LogP contribution in [0.15, 0.2) is 224 Å². The van der Waals surface area contributed by atoms with E-state index in [1.807, 2.05) is 0 Å². The summed E-state index contributed by atoms with van der Waals surface area (Å²) < 4.78 is 2.49. The third-order valence-corrected chi connectivity index (χ3v) is 16.3. The van der Waals surface area contributed by atoms with E-state index >= 15 is 0 Å². The van der Waals surface area contributed by atoms with E-state index in [0.29, 0.717) is 0 Å². The Morgan fingerprint density at radius 1 is 0.368 bits per heavy atom. The molecule has 2 aliphatic rings. The quantitative estimate of drug-likeness (QED) is 0.113. The molecule has 0 amide bonds. The summed E-state index contributed by atoms with van der Waals surface area (Å²) in [4.78, 5) is 5.36. The highest BCUT2D eigenvalue weighted by molar-refractivity contribution is 7.00. The number of hydrogen-bond donors (Lipinski definition) is 0. The second-order valence-corrected chi connectivity index (χ2v) is 22.2. The molecular formula is C72H64BN3. The number of benzene rings is 10. The van der Waals surface area contributed by atoms with E-state index in [1.54, 1.807) is 0 Å². The summed E-state index contributed by atoms with van der Waals surface area (Å²) in [7, 11) is 0. The van der Waals surface area contributed by atoms with Crippen LogP contribution in [0.4, 0.5) is 34.1 Å². The molecule has 10 aromatic carbocycles. The molecule has 0 N–H and O–H groups in total. The first-order valence-electron chi connectivity index (χ1n) is 27.7. The van der Waals surface area contributed by atoms with E-state index in [-0.39, 0.29) is 12.1 Å². The lowest BCUT2D eigenvalue weighted by atomic mass is 9.33. The first-order chi connectivity index (χ1) is 37.3. The van der Waals surface area contributed by atoms with Crippen LogP contribution in [-0.4, -0.2) is 11.3 Å². The number of anilines is 6. The number of rotatable bonds is 12. The van der Waals surface area contributed by atoms with E-state index in [2.05, 4.69) is 273 Å². The van der Waals surface area contributed by atoms with Crippen LogP contribution in [0.25, 0.3) is 60.9 Å². The Labute approximate surface area is 449 Å². The highest BCUT2D eigenvalue weighted by Gasteiger charge is 2.45. The van der Waals surface area contributed by atoms with Crippen molar-refractivity contribution in [2.24, 2.45) is 0 Å². The number of nitrogens with zero attached hydrogens (tertiary/aromatic N) is 3. The summed E-state index contributed by atoms with van der Waals surface area (Å²) in [6.07, 6.45) is 6.39. The van der Waals surface area contributed by atoms with E-state index in [9.17, 15) is 0 Å². The van der Waals surface area contributed by atoms with Gasteiger partial charge in [-0.25, -0.2) is 0 Å². The average Bonchev–Trinajstić information content (AvgIpc) is 3.93. The van der Waals surface area contributed by atoms with Crippen molar-refractivity contribution < 1.29 is 0 Å². The number of aromatic nitrogens is 1. The smallest absolute Gasteiger partial charge is 0.252 e. The third kappa shape index (κ3) is 8.14. The molecule has 0 spiro atoms. The molecule has 76 heavy (non-hydrogen) atoms. The topological polar surface area (TPSA) is 11.4 Å². The normalized spacial score (nSPS) is 12.8. The molecule has 370 valence electrons. The largest absolute Gasteiger partial charge is 0.311 e. The van der Waals surface area contributed by atoms with Crippen molar-refractivity contribution in [1.29, 1.82) is 0 Å². The summed E-state index contributed by atoms with van der Waals surface area (Å²) >= 11 is 0. The van der Waals surface area contributed by atoms with Crippen LogP contribution in [0.5, 0.6) is 0 Å². The molecule has 0 radical (unpaired) electrons. The second kappa shape index (κ2) is 19.4. The van der Waals surface area contributed by atoms with E-state index < -0.39 is 0 Å². The summed E-state index contributed by atoms with van der Waals surface area (Å²) in [5.41, 5.74) is 26.4. The van der Waals surface area contributed by atoms with Gasteiger partial charge in [-0.05, 0) is 164 Å². The number of fused-ring (bicyclic) bond motifs is 7. The molecule has 0 bridgehead atoms. The molecule has 11 aromatic rings. The van der Waals surface area contributed by atoms with E-state index in [0.717, 1.165) is 44.2 Å². The van der Waals surface area contributed by atoms with Crippen LogP contribution < -0.4 is 26.2 Å². The highest BCUT2D eigenvalue weighted by Crippen LogP contribution is 2.49. The van der Waals surface area contributed by atoms with Gasteiger partial charge in [0.1, 0.15) is 0 Å². The Bertz CT molecular complexity index is 3910. The van der Waals surface area contributed by atoms with Gasteiger partial charge in [0, 0.05) is 50.6 Å². The minimum atomic E-state index is -0.161. The SMILES string of the molecule is CCCCc1cc(-c2ccccc2)ccc1N1c2ccc(-c3ccccc3)cc2B2c3ccc(-n4c5ccccc5c5ccccc54)cc3N(c3ccc(-c4ccccc4)cc3CCCC)c3cc(C(C)(C)C)cc1c32. The number of aryl methyl sites for hydroxylation is 2. The first kappa shape index (κ1) is 47.4. The van der Waals surface area contributed by atoms with Crippen LogP contribution in [-0.2, 0) is 18.3 Å². The Hall–Kier alpha value is -8.34. The van der Waals surface area contributed by atoms with Crippen LogP contribution >= 0.6 is 0 Å². The molecule has 1 aromatic heterocycles. The molecule has 3 nitrogen and oxygen atoms in total. The zero-order valence-electron chi connectivity index (χ0n) is 44.5. The van der Waals surface area contributed by atoms with Crippen molar-refractivity contribution in [3.8, 4) is 39.1 Å². The number of hydrogen-bond acceptors (Lipinski definition) is 2. The lowest BCUT2D eigenvalue weighted by Gasteiger charge is -2.46. The molecule has 0 aliphatic carbocycles. The Morgan fingerprint density at radius 2 is 0.816 bits per heavy atom. The Balaban J connectivity index is 1.14. The minimum Gasteiger partial charge on any atom is -0.311 e. The summed E-state index contributed by atoms with van der Waals surface area (Å²) in [6, 6.07) is 85.0. The third-order valence-electron chi connectivity index (χ3n) is 16.3. The molecule has 0 fully saturated rings. The van der Waals surface area contributed by atoms with Crippen molar-refractivity contribution in [2.45, 2.75) is 78.6 Å². The molecule has 3 heterocycles.